The van der Waals surface area contributed by atoms with Crippen molar-refractivity contribution >= 4 is 5.97 Å². The van der Waals surface area contributed by atoms with E-state index in [1.54, 1.807) is 0 Å². The molecule has 1 aliphatic rings. The summed E-state index contributed by atoms with van der Waals surface area (Å²) in [6.45, 7) is 1.96. The molecule has 0 radical (unpaired) electrons. The number of methoxy groups -OCH3 is 1. The lowest BCUT2D eigenvalue weighted by Crippen LogP contribution is -2.54. The summed E-state index contributed by atoms with van der Waals surface area (Å²) in [4.78, 5) is 11.3. The molecule has 4 heteroatoms. The fraction of sp³-hybridized carbons (Fsp3) is 0.889. The summed E-state index contributed by atoms with van der Waals surface area (Å²) in [6.07, 6.45) is 1.18. The van der Waals surface area contributed by atoms with Crippen LogP contribution in [-0.4, -0.2) is 29.8 Å². The van der Waals surface area contributed by atoms with Gasteiger partial charge in [-0.05, 0) is 18.8 Å². The summed E-state index contributed by atoms with van der Waals surface area (Å²) in [6, 6.07) is 0. The maximum absolute atomic E-state index is 11.3. The van der Waals surface area contributed by atoms with Crippen molar-refractivity contribution in [2.75, 3.05) is 7.11 Å². The van der Waals surface area contributed by atoms with E-state index in [0.717, 1.165) is 6.42 Å². The molecule has 76 valence electrons. The van der Waals surface area contributed by atoms with Crippen LogP contribution in [-0.2, 0) is 9.53 Å². The first kappa shape index (κ1) is 10.5. The minimum Gasteiger partial charge on any atom is -0.468 e. The molecule has 13 heavy (non-hydrogen) atoms. The molecule has 0 heterocycles. The van der Waals surface area contributed by atoms with Gasteiger partial charge >= 0.3 is 5.97 Å². The lowest BCUT2D eigenvalue weighted by molar-refractivity contribution is -0.150. The molecule has 3 unspecified atom stereocenters. The molecule has 4 nitrogen and oxygen atoms in total. The Kier molecular flexibility index (Phi) is 2.93. The zero-order valence-corrected chi connectivity index (χ0v) is 8.12. The minimum atomic E-state index is -0.972. The maximum Gasteiger partial charge on any atom is 0.325 e. The van der Waals surface area contributed by atoms with Gasteiger partial charge in [-0.25, -0.2) is 0 Å². The molecular weight excluding hydrogens is 170 g/mol. The highest BCUT2D eigenvalue weighted by atomic mass is 16.5. The zero-order chi connectivity index (χ0) is 10.1. The third-order valence-corrected chi connectivity index (χ3v) is 2.87. The van der Waals surface area contributed by atoms with Gasteiger partial charge < -0.3 is 15.6 Å². The predicted molar refractivity (Wildman–Crippen MR) is 48.0 cm³/mol. The molecule has 3 N–H and O–H groups in total. The van der Waals surface area contributed by atoms with Crippen LogP contribution in [0.5, 0.6) is 0 Å². The van der Waals surface area contributed by atoms with Gasteiger partial charge in [0.15, 0.2) is 0 Å². The van der Waals surface area contributed by atoms with Crippen molar-refractivity contribution in [3.05, 3.63) is 0 Å². The van der Waals surface area contributed by atoms with Crippen LogP contribution in [0.4, 0.5) is 0 Å². The molecule has 0 bridgehead atoms. The lowest BCUT2D eigenvalue weighted by atomic mass is 9.76. The molecular formula is C9H17NO3. The average molecular weight is 187 g/mol. The van der Waals surface area contributed by atoms with Gasteiger partial charge in [0, 0.05) is 6.42 Å². The monoisotopic (exact) mass is 187 g/mol. The first-order valence-corrected chi connectivity index (χ1v) is 4.55. The van der Waals surface area contributed by atoms with Crippen LogP contribution < -0.4 is 5.73 Å². The fourth-order valence-corrected chi connectivity index (χ4v) is 1.74. The summed E-state index contributed by atoms with van der Waals surface area (Å²) in [5, 5.41) is 9.57. The quantitative estimate of drug-likeness (QED) is 0.568. The molecule has 1 rings (SSSR count). The number of carbonyl (C=O) groups is 1. The van der Waals surface area contributed by atoms with Crippen LogP contribution in [0.25, 0.3) is 0 Å². The van der Waals surface area contributed by atoms with Crippen molar-refractivity contribution < 1.29 is 14.6 Å². The van der Waals surface area contributed by atoms with E-state index in [0.29, 0.717) is 12.8 Å². The molecule has 0 amide bonds. The Hall–Kier alpha value is -0.610. The van der Waals surface area contributed by atoms with Gasteiger partial charge in [0.2, 0.25) is 0 Å². The highest BCUT2D eigenvalue weighted by Gasteiger charge is 2.42. The average Bonchev–Trinajstić information content (AvgIpc) is 2.11. The van der Waals surface area contributed by atoms with Crippen LogP contribution >= 0.6 is 0 Å². The van der Waals surface area contributed by atoms with Gasteiger partial charge in [0.25, 0.3) is 0 Å². The Morgan fingerprint density at radius 2 is 2.31 bits per heavy atom. The Bertz CT molecular complexity index is 207. The second-order valence-electron chi connectivity index (χ2n) is 3.94. The number of carbonyl (C=O) groups excluding carboxylic acids is 1. The van der Waals surface area contributed by atoms with Crippen molar-refractivity contribution in [3.8, 4) is 0 Å². The smallest absolute Gasteiger partial charge is 0.325 e. The molecule has 0 aliphatic heterocycles. The van der Waals surface area contributed by atoms with E-state index in [-0.39, 0.29) is 5.92 Å². The zero-order valence-electron chi connectivity index (χ0n) is 8.12. The number of esters is 1. The minimum absolute atomic E-state index is 0.223. The SMILES string of the molecule is COC(=O)C1(N)CCC(C)C(O)C1. The second-order valence-corrected chi connectivity index (χ2v) is 3.94. The number of rotatable bonds is 1. The van der Waals surface area contributed by atoms with Gasteiger partial charge in [-0.15, -0.1) is 0 Å². The molecule has 0 spiro atoms. The number of hydrogen-bond donors (Lipinski definition) is 2. The highest BCUT2D eigenvalue weighted by molar-refractivity contribution is 5.80. The van der Waals surface area contributed by atoms with Crippen LogP contribution in [0.15, 0.2) is 0 Å². The van der Waals surface area contributed by atoms with Gasteiger partial charge in [-0.1, -0.05) is 6.92 Å². The standard InChI is InChI=1S/C9H17NO3/c1-6-3-4-9(10,5-7(6)11)8(12)13-2/h6-7,11H,3-5,10H2,1-2H3. The van der Waals surface area contributed by atoms with Crippen LogP contribution in [0, 0.1) is 5.92 Å². The van der Waals surface area contributed by atoms with Crippen molar-refractivity contribution in [3.63, 3.8) is 0 Å². The molecule has 0 saturated heterocycles. The van der Waals surface area contributed by atoms with Gasteiger partial charge in [-0.2, -0.15) is 0 Å². The van der Waals surface area contributed by atoms with Crippen LogP contribution in [0.2, 0.25) is 0 Å². The largest absolute Gasteiger partial charge is 0.468 e. The molecule has 1 fully saturated rings. The predicted octanol–water partition coefficient (Wildman–Crippen LogP) is 0.0378. The van der Waals surface area contributed by atoms with E-state index in [2.05, 4.69) is 4.74 Å². The van der Waals surface area contributed by atoms with Crippen molar-refractivity contribution in [1.29, 1.82) is 0 Å². The third kappa shape index (κ3) is 2.00. The summed E-state index contributed by atoms with van der Waals surface area (Å²) in [5.41, 5.74) is 4.86. The van der Waals surface area contributed by atoms with Gasteiger partial charge in [-0.3, -0.25) is 4.79 Å². The van der Waals surface area contributed by atoms with E-state index < -0.39 is 17.6 Å². The van der Waals surface area contributed by atoms with Crippen molar-refractivity contribution in [2.45, 2.75) is 37.8 Å². The summed E-state index contributed by atoms with van der Waals surface area (Å²) < 4.78 is 4.60. The Morgan fingerprint density at radius 3 is 2.77 bits per heavy atom. The molecule has 3 atom stereocenters. The van der Waals surface area contributed by atoms with Crippen molar-refractivity contribution in [1.82, 2.24) is 0 Å². The topological polar surface area (TPSA) is 72.5 Å². The van der Waals surface area contributed by atoms with E-state index in [9.17, 15) is 9.90 Å². The van der Waals surface area contributed by atoms with E-state index in [4.69, 9.17) is 5.73 Å². The Balaban J connectivity index is 2.66. The second kappa shape index (κ2) is 3.64. The first-order valence-electron chi connectivity index (χ1n) is 4.55. The number of hydrogen-bond acceptors (Lipinski definition) is 4. The van der Waals surface area contributed by atoms with Crippen molar-refractivity contribution in [2.24, 2.45) is 11.7 Å². The Labute approximate surface area is 78.1 Å². The maximum atomic E-state index is 11.3. The third-order valence-electron chi connectivity index (χ3n) is 2.87. The summed E-state index contributed by atoms with van der Waals surface area (Å²) in [7, 11) is 1.32. The number of aliphatic hydroxyl groups is 1. The van der Waals surface area contributed by atoms with Gasteiger partial charge in [0.1, 0.15) is 5.54 Å². The van der Waals surface area contributed by atoms with Gasteiger partial charge in [0.05, 0.1) is 13.2 Å². The number of aliphatic hydroxyl groups excluding tert-OH is 1. The first-order chi connectivity index (χ1) is 5.99. The summed E-state index contributed by atoms with van der Waals surface area (Å²) in [5.74, 6) is -0.195. The number of ether oxygens (including phenoxy) is 1. The van der Waals surface area contributed by atoms with E-state index in [1.165, 1.54) is 7.11 Å². The summed E-state index contributed by atoms with van der Waals surface area (Å²) >= 11 is 0. The Morgan fingerprint density at radius 1 is 1.69 bits per heavy atom. The molecule has 0 aromatic rings. The molecule has 1 aliphatic carbocycles. The highest BCUT2D eigenvalue weighted by Crippen LogP contribution is 2.31. The van der Waals surface area contributed by atoms with E-state index >= 15 is 0 Å². The van der Waals surface area contributed by atoms with Crippen LogP contribution in [0.3, 0.4) is 0 Å². The van der Waals surface area contributed by atoms with Crippen LogP contribution in [0.1, 0.15) is 26.2 Å². The molecule has 0 aromatic carbocycles. The molecule has 0 aromatic heterocycles. The number of nitrogens with two attached hydrogens (primary N) is 1. The normalized spacial score (nSPS) is 40.0. The fourth-order valence-electron chi connectivity index (χ4n) is 1.74. The lowest BCUT2D eigenvalue weighted by Gasteiger charge is -2.36. The molecule has 1 saturated carbocycles. The van der Waals surface area contributed by atoms with E-state index in [1.807, 2.05) is 6.92 Å².